The maximum absolute atomic E-state index is 13.4. The van der Waals surface area contributed by atoms with E-state index in [1.165, 1.54) is 12.1 Å². The fourth-order valence-electron chi connectivity index (χ4n) is 3.43. The number of carboxylic acids is 1. The number of hydrogen-bond donors (Lipinski definition) is 2. The Morgan fingerprint density at radius 2 is 1.56 bits per heavy atom. The Morgan fingerprint density at radius 1 is 0.906 bits per heavy atom. The minimum absolute atomic E-state index is 0.300. The summed E-state index contributed by atoms with van der Waals surface area (Å²) in [7, 11) is 0. The summed E-state index contributed by atoms with van der Waals surface area (Å²) in [4.78, 5) is 21.2. The molecule has 0 saturated carbocycles. The first-order valence-corrected chi connectivity index (χ1v) is 10.3. The van der Waals surface area contributed by atoms with Crippen molar-refractivity contribution in [1.82, 2.24) is 9.97 Å². The van der Waals surface area contributed by atoms with E-state index < -0.39 is 12.0 Å². The highest BCUT2D eigenvalue weighted by Gasteiger charge is 2.21. The molecule has 1 atom stereocenters. The van der Waals surface area contributed by atoms with Gasteiger partial charge in [-0.15, -0.1) is 0 Å². The highest BCUT2D eigenvalue weighted by molar-refractivity contribution is 5.77. The predicted molar refractivity (Wildman–Crippen MR) is 122 cm³/mol. The highest BCUT2D eigenvalue weighted by atomic mass is 19.1. The Morgan fingerprint density at radius 3 is 2.22 bits per heavy atom. The molecule has 6 heteroatoms. The van der Waals surface area contributed by atoms with Crippen LogP contribution in [0.5, 0.6) is 0 Å². The molecule has 0 spiro atoms. The average molecular weight is 427 g/mol. The molecular weight excluding hydrogens is 405 g/mol. The van der Waals surface area contributed by atoms with Crippen molar-refractivity contribution < 1.29 is 14.3 Å². The van der Waals surface area contributed by atoms with Crippen LogP contribution in [0.3, 0.4) is 0 Å². The normalized spacial score (nSPS) is 11.7. The molecule has 2 N–H and O–H groups in total. The van der Waals surface area contributed by atoms with Crippen molar-refractivity contribution in [3.8, 4) is 11.3 Å². The molecule has 0 radical (unpaired) electrons. The number of carboxylic acid groups (broad SMARTS) is 1. The Kier molecular flexibility index (Phi) is 6.51. The Bertz CT molecular complexity index is 1180. The first-order valence-electron chi connectivity index (χ1n) is 10.3. The fraction of sp³-hybridized carbons (Fsp3) is 0.115. The van der Waals surface area contributed by atoms with Gasteiger partial charge < -0.3 is 10.4 Å². The van der Waals surface area contributed by atoms with Gasteiger partial charge in [0.15, 0.2) is 0 Å². The zero-order chi connectivity index (χ0) is 22.3. The van der Waals surface area contributed by atoms with Crippen molar-refractivity contribution in [2.75, 3.05) is 5.32 Å². The van der Waals surface area contributed by atoms with E-state index in [0.717, 1.165) is 16.7 Å². The summed E-state index contributed by atoms with van der Waals surface area (Å²) in [5.41, 5.74) is 3.94. The molecule has 0 aliphatic rings. The average Bonchev–Trinajstić information content (AvgIpc) is 2.82. The quantitative estimate of drug-likeness (QED) is 0.415. The molecule has 0 bridgehead atoms. The van der Waals surface area contributed by atoms with E-state index in [1.807, 2.05) is 60.7 Å². The SMILES string of the molecule is O=C(O)C(Cc1ccccc1)Nc1ncc(-c2ccccc2)nc1Cc1ccc(F)cc1. The molecule has 1 unspecified atom stereocenters. The van der Waals surface area contributed by atoms with Gasteiger partial charge in [-0.3, -0.25) is 0 Å². The molecule has 3 aromatic carbocycles. The number of benzene rings is 3. The van der Waals surface area contributed by atoms with Crippen molar-refractivity contribution in [1.29, 1.82) is 0 Å². The largest absolute Gasteiger partial charge is 0.480 e. The molecule has 0 saturated heterocycles. The second-order valence-corrected chi connectivity index (χ2v) is 7.44. The standard InChI is InChI=1S/C26H22FN3O2/c27-21-13-11-19(12-14-21)15-22-25(28-17-24(29-22)20-9-5-2-6-10-20)30-23(26(31)32)16-18-7-3-1-4-8-18/h1-14,17,23H,15-16H2,(H,28,30)(H,31,32). The van der Waals surface area contributed by atoms with Crippen LogP contribution >= 0.6 is 0 Å². The van der Waals surface area contributed by atoms with Gasteiger partial charge in [-0.1, -0.05) is 72.8 Å². The van der Waals surface area contributed by atoms with Crippen molar-refractivity contribution in [3.05, 3.63) is 114 Å². The summed E-state index contributed by atoms with van der Waals surface area (Å²) >= 11 is 0. The highest BCUT2D eigenvalue weighted by Crippen LogP contribution is 2.23. The van der Waals surface area contributed by atoms with Gasteiger partial charge in [0.2, 0.25) is 0 Å². The van der Waals surface area contributed by atoms with Gasteiger partial charge in [-0.25, -0.2) is 19.2 Å². The number of carbonyl (C=O) groups is 1. The molecule has 0 aliphatic heterocycles. The predicted octanol–water partition coefficient (Wildman–Crippen LogP) is 4.98. The molecule has 32 heavy (non-hydrogen) atoms. The van der Waals surface area contributed by atoms with Crippen LogP contribution in [0.25, 0.3) is 11.3 Å². The third-order valence-electron chi connectivity index (χ3n) is 5.09. The first-order chi connectivity index (χ1) is 15.6. The zero-order valence-electron chi connectivity index (χ0n) is 17.3. The van der Waals surface area contributed by atoms with Crippen LogP contribution in [-0.4, -0.2) is 27.1 Å². The maximum atomic E-state index is 13.4. The van der Waals surface area contributed by atoms with Crippen LogP contribution in [0.2, 0.25) is 0 Å². The number of halogens is 1. The van der Waals surface area contributed by atoms with Crippen molar-refractivity contribution in [3.63, 3.8) is 0 Å². The van der Waals surface area contributed by atoms with Gasteiger partial charge in [0.25, 0.3) is 0 Å². The topological polar surface area (TPSA) is 75.1 Å². The number of hydrogen-bond acceptors (Lipinski definition) is 4. The van der Waals surface area contributed by atoms with Crippen LogP contribution in [0, 0.1) is 5.82 Å². The third kappa shape index (κ3) is 5.35. The second-order valence-electron chi connectivity index (χ2n) is 7.44. The first kappa shape index (κ1) is 21.2. The number of anilines is 1. The molecule has 0 aliphatic carbocycles. The van der Waals surface area contributed by atoms with Crippen LogP contribution < -0.4 is 5.32 Å². The number of nitrogens with one attached hydrogen (secondary N) is 1. The van der Waals surface area contributed by atoms with Gasteiger partial charge in [0.1, 0.15) is 17.7 Å². The smallest absolute Gasteiger partial charge is 0.326 e. The monoisotopic (exact) mass is 427 g/mol. The van der Waals surface area contributed by atoms with Crippen LogP contribution in [-0.2, 0) is 17.6 Å². The second kappa shape index (κ2) is 9.83. The molecule has 5 nitrogen and oxygen atoms in total. The number of aliphatic carboxylic acids is 1. The molecule has 0 fully saturated rings. The lowest BCUT2D eigenvalue weighted by Crippen LogP contribution is -2.32. The molecule has 160 valence electrons. The Labute approximate surface area is 185 Å². The third-order valence-corrected chi connectivity index (χ3v) is 5.09. The summed E-state index contributed by atoms with van der Waals surface area (Å²) in [6, 6.07) is 24.4. The van der Waals surface area contributed by atoms with E-state index in [2.05, 4.69) is 10.3 Å². The Hall–Kier alpha value is -4.06. The summed E-state index contributed by atoms with van der Waals surface area (Å²) in [6.07, 6.45) is 2.31. The molecular formula is C26H22FN3O2. The molecule has 4 rings (SSSR count). The van der Waals surface area contributed by atoms with Crippen molar-refractivity contribution in [2.24, 2.45) is 0 Å². The number of aromatic nitrogens is 2. The molecule has 1 aromatic heterocycles. The van der Waals surface area contributed by atoms with E-state index in [0.29, 0.717) is 30.0 Å². The van der Waals surface area contributed by atoms with Crippen LogP contribution in [0.4, 0.5) is 10.2 Å². The number of rotatable bonds is 8. The summed E-state index contributed by atoms with van der Waals surface area (Å²) in [6.45, 7) is 0. The van der Waals surface area contributed by atoms with Crippen molar-refractivity contribution in [2.45, 2.75) is 18.9 Å². The summed E-state index contributed by atoms with van der Waals surface area (Å²) in [5.74, 6) is -0.891. The minimum Gasteiger partial charge on any atom is -0.480 e. The zero-order valence-corrected chi connectivity index (χ0v) is 17.3. The van der Waals surface area contributed by atoms with E-state index in [1.54, 1.807) is 18.3 Å². The maximum Gasteiger partial charge on any atom is 0.326 e. The van der Waals surface area contributed by atoms with Gasteiger partial charge >= 0.3 is 5.97 Å². The lowest BCUT2D eigenvalue weighted by Gasteiger charge is -2.18. The summed E-state index contributed by atoms with van der Waals surface area (Å²) in [5, 5.41) is 12.8. The summed E-state index contributed by atoms with van der Waals surface area (Å²) < 4.78 is 13.4. The lowest BCUT2D eigenvalue weighted by atomic mass is 10.1. The minimum atomic E-state index is -0.976. The van der Waals surface area contributed by atoms with E-state index >= 15 is 0 Å². The van der Waals surface area contributed by atoms with Gasteiger partial charge in [-0.05, 0) is 23.3 Å². The van der Waals surface area contributed by atoms with Crippen molar-refractivity contribution >= 4 is 11.8 Å². The van der Waals surface area contributed by atoms with E-state index in [4.69, 9.17) is 4.98 Å². The Balaban J connectivity index is 1.67. The number of nitrogens with zero attached hydrogens (tertiary/aromatic N) is 2. The van der Waals surface area contributed by atoms with E-state index in [-0.39, 0.29) is 5.82 Å². The van der Waals surface area contributed by atoms with Crippen LogP contribution in [0.1, 0.15) is 16.8 Å². The lowest BCUT2D eigenvalue weighted by molar-refractivity contribution is -0.137. The molecule has 0 amide bonds. The van der Waals surface area contributed by atoms with Gasteiger partial charge in [-0.2, -0.15) is 0 Å². The van der Waals surface area contributed by atoms with Gasteiger partial charge in [0.05, 0.1) is 17.6 Å². The molecule has 4 aromatic rings. The fourth-order valence-corrected chi connectivity index (χ4v) is 3.43. The van der Waals surface area contributed by atoms with Crippen LogP contribution in [0.15, 0.2) is 91.1 Å². The molecule has 1 heterocycles. The van der Waals surface area contributed by atoms with Gasteiger partial charge in [0, 0.05) is 18.4 Å². The van der Waals surface area contributed by atoms with E-state index in [9.17, 15) is 14.3 Å².